The molecule has 7 heteroatoms. The number of aromatic amines is 1. The number of methoxy groups -OCH3 is 3. The van der Waals surface area contributed by atoms with Crippen molar-refractivity contribution < 1.29 is 14.2 Å². The molecule has 2 aromatic heterocycles. The van der Waals surface area contributed by atoms with Crippen LogP contribution in [0.1, 0.15) is 0 Å². The van der Waals surface area contributed by atoms with Gasteiger partial charge in [0.15, 0.2) is 11.5 Å². The Labute approximate surface area is 168 Å². The lowest BCUT2D eigenvalue weighted by atomic mass is 10.0. The highest BCUT2D eigenvalue weighted by molar-refractivity contribution is 5.81. The van der Waals surface area contributed by atoms with Crippen molar-refractivity contribution in [2.24, 2.45) is 0 Å². The molecule has 0 atom stereocenters. The monoisotopic (exact) mass is 388 g/mol. The van der Waals surface area contributed by atoms with Crippen LogP contribution in [0.15, 0.2) is 60.9 Å². The summed E-state index contributed by atoms with van der Waals surface area (Å²) in [7, 11) is 4.75. The Morgan fingerprint density at radius 2 is 1.14 bits per heavy atom. The van der Waals surface area contributed by atoms with E-state index in [0.717, 1.165) is 27.9 Å². The fraction of sp³-hybridized carbons (Fsp3) is 0.136. The molecule has 0 saturated heterocycles. The molecule has 0 fully saturated rings. The third kappa shape index (κ3) is 3.50. The van der Waals surface area contributed by atoms with E-state index in [0.29, 0.717) is 22.9 Å². The quantitative estimate of drug-likeness (QED) is 0.532. The molecule has 0 aliphatic rings. The van der Waals surface area contributed by atoms with Crippen molar-refractivity contribution in [1.82, 2.24) is 20.4 Å². The summed E-state index contributed by atoms with van der Waals surface area (Å²) in [5.41, 5.74) is 5.40. The van der Waals surface area contributed by atoms with Crippen molar-refractivity contribution in [2.75, 3.05) is 21.3 Å². The largest absolute Gasteiger partial charge is 0.493 e. The van der Waals surface area contributed by atoms with Crippen LogP contribution < -0.4 is 14.2 Å². The van der Waals surface area contributed by atoms with E-state index < -0.39 is 0 Å². The van der Waals surface area contributed by atoms with E-state index >= 15 is 0 Å². The molecule has 0 radical (unpaired) electrons. The molecule has 2 aromatic carbocycles. The molecule has 0 unspecified atom stereocenters. The van der Waals surface area contributed by atoms with Gasteiger partial charge < -0.3 is 14.2 Å². The smallest absolute Gasteiger partial charge is 0.203 e. The lowest BCUT2D eigenvalue weighted by Gasteiger charge is -2.13. The second-order valence-corrected chi connectivity index (χ2v) is 6.25. The minimum Gasteiger partial charge on any atom is -0.493 e. The van der Waals surface area contributed by atoms with Gasteiger partial charge in [-0.05, 0) is 35.4 Å². The summed E-state index contributed by atoms with van der Waals surface area (Å²) < 4.78 is 16.3. The van der Waals surface area contributed by atoms with Gasteiger partial charge in [-0.15, -0.1) is 0 Å². The molecule has 7 nitrogen and oxygen atoms in total. The summed E-state index contributed by atoms with van der Waals surface area (Å²) >= 11 is 0. The van der Waals surface area contributed by atoms with Gasteiger partial charge in [-0.25, -0.2) is 0 Å². The van der Waals surface area contributed by atoms with Crippen molar-refractivity contribution in [1.29, 1.82) is 0 Å². The molecule has 29 heavy (non-hydrogen) atoms. The number of H-pyrrole nitrogens is 1. The Morgan fingerprint density at radius 1 is 0.621 bits per heavy atom. The standard InChI is InChI=1S/C22H20N4O3/c1-27-18-12-17(13-19(28-2)22(18)29-3)21-20(24-26-25-21)16-6-4-14(5-7-16)15-8-10-23-11-9-15/h4-13H,1-3H3,(H,24,25,26). The third-order valence-corrected chi connectivity index (χ3v) is 4.66. The Kier molecular flexibility index (Phi) is 5.11. The highest BCUT2D eigenvalue weighted by Crippen LogP contribution is 2.42. The molecule has 1 N–H and O–H groups in total. The highest BCUT2D eigenvalue weighted by atomic mass is 16.5. The molecular formula is C22H20N4O3. The van der Waals surface area contributed by atoms with Crippen LogP contribution in [0.25, 0.3) is 33.6 Å². The zero-order valence-electron chi connectivity index (χ0n) is 16.3. The van der Waals surface area contributed by atoms with Gasteiger partial charge in [0.25, 0.3) is 0 Å². The Morgan fingerprint density at radius 3 is 1.69 bits per heavy atom. The third-order valence-electron chi connectivity index (χ3n) is 4.66. The second kappa shape index (κ2) is 8.02. The minimum atomic E-state index is 0.533. The number of benzene rings is 2. The van der Waals surface area contributed by atoms with Crippen molar-refractivity contribution in [3.63, 3.8) is 0 Å². The van der Waals surface area contributed by atoms with Crippen LogP contribution in [0.5, 0.6) is 17.2 Å². The summed E-state index contributed by atoms with van der Waals surface area (Å²) in [6, 6.07) is 15.8. The number of rotatable bonds is 6. The predicted molar refractivity (Wildman–Crippen MR) is 110 cm³/mol. The maximum atomic E-state index is 5.46. The zero-order valence-corrected chi connectivity index (χ0v) is 16.3. The van der Waals surface area contributed by atoms with Crippen LogP contribution in [0.3, 0.4) is 0 Å². The van der Waals surface area contributed by atoms with Gasteiger partial charge in [0.05, 0.1) is 21.3 Å². The molecule has 4 rings (SSSR count). The van der Waals surface area contributed by atoms with Gasteiger partial charge in [-0.2, -0.15) is 15.4 Å². The molecular weight excluding hydrogens is 368 g/mol. The van der Waals surface area contributed by atoms with Crippen LogP contribution in [0, 0.1) is 0 Å². The first-order valence-electron chi connectivity index (χ1n) is 8.97. The van der Waals surface area contributed by atoms with Crippen LogP contribution in [0.4, 0.5) is 0 Å². The molecule has 2 heterocycles. The SMILES string of the molecule is COc1cc(-c2n[nH]nc2-c2ccc(-c3ccncc3)cc2)cc(OC)c1OC. The second-order valence-electron chi connectivity index (χ2n) is 6.25. The van der Waals surface area contributed by atoms with Gasteiger partial charge in [0.2, 0.25) is 5.75 Å². The molecule has 0 aliphatic carbocycles. The molecule has 0 amide bonds. The number of nitrogens with zero attached hydrogens (tertiary/aromatic N) is 3. The van der Waals surface area contributed by atoms with Crippen LogP contribution >= 0.6 is 0 Å². The van der Waals surface area contributed by atoms with Gasteiger partial charge in [-0.1, -0.05) is 24.3 Å². The van der Waals surface area contributed by atoms with E-state index in [-0.39, 0.29) is 0 Å². The summed E-state index contributed by atoms with van der Waals surface area (Å²) in [5, 5.41) is 11.4. The number of hydrogen-bond donors (Lipinski definition) is 1. The lowest BCUT2D eigenvalue weighted by Crippen LogP contribution is -1.96. The molecule has 0 saturated carbocycles. The van der Waals surface area contributed by atoms with Crippen molar-refractivity contribution >= 4 is 0 Å². The Hall–Kier alpha value is -3.87. The van der Waals surface area contributed by atoms with Crippen LogP contribution in [-0.4, -0.2) is 41.7 Å². The molecule has 0 aliphatic heterocycles. The average molecular weight is 388 g/mol. The van der Waals surface area contributed by atoms with Gasteiger partial charge in [-0.3, -0.25) is 4.98 Å². The Balaban J connectivity index is 1.74. The number of ether oxygens (including phenoxy) is 3. The van der Waals surface area contributed by atoms with Crippen molar-refractivity contribution in [3.8, 4) is 50.9 Å². The summed E-state index contributed by atoms with van der Waals surface area (Å²) in [6.07, 6.45) is 3.56. The Bertz CT molecular complexity index is 1080. The number of aromatic nitrogens is 4. The van der Waals surface area contributed by atoms with Gasteiger partial charge in [0, 0.05) is 23.5 Å². The van der Waals surface area contributed by atoms with E-state index in [1.54, 1.807) is 33.7 Å². The van der Waals surface area contributed by atoms with E-state index in [2.05, 4.69) is 32.5 Å². The number of hydrogen-bond acceptors (Lipinski definition) is 6. The van der Waals surface area contributed by atoms with Crippen molar-refractivity contribution in [2.45, 2.75) is 0 Å². The van der Waals surface area contributed by atoms with E-state index in [1.165, 1.54) is 0 Å². The molecule has 0 bridgehead atoms. The molecule has 146 valence electrons. The van der Waals surface area contributed by atoms with Crippen LogP contribution in [-0.2, 0) is 0 Å². The van der Waals surface area contributed by atoms with Crippen molar-refractivity contribution in [3.05, 3.63) is 60.9 Å². The normalized spacial score (nSPS) is 10.6. The number of pyridine rings is 1. The zero-order chi connectivity index (χ0) is 20.2. The first kappa shape index (κ1) is 18.5. The van der Waals surface area contributed by atoms with E-state index in [9.17, 15) is 0 Å². The predicted octanol–water partition coefficient (Wildman–Crippen LogP) is 4.23. The molecule has 0 spiro atoms. The van der Waals surface area contributed by atoms with Crippen LogP contribution in [0.2, 0.25) is 0 Å². The number of nitrogens with one attached hydrogen (secondary N) is 1. The summed E-state index contributed by atoms with van der Waals surface area (Å²) in [6.45, 7) is 0. The minimum absolute atomic E-state index is 0.533. The van der Waals surface area contributed by atoms with E-state index in [4.69, 9.17) is 14.2 Å². The summed E-state index contributed by atoms with van der Waals surface area (Å²) in [5.74, 6) is 1.65. The maximum Gasteiger partial charge on any atom is 0.203 e. The topological polar surface area (TPSA) is 82.2 Å². The fourth-order valence-electron chi connectivity index (χ4n) is 3.22. The average Bonchev–Trinajstić information content (AvgIpc) is 3.28. The van der Waals surface area contributed by atoms with Gasteiger partial charge in [0.1, 0.15) is 11.4 Å². The fourth-order valence-corrected chi connectivity index (χ4v) is 3.22. The lowest BCUT2D eigenvalue weighted by molar-refractivity contribution is 0.324. The van der Waals surface area contributed by atoms with Gasteiger partial charge >= 0.3 is 0 Å². The summed E-state index contributed by atoms with van der Waals surface area (Å²) in [4.78, 5) is 4.06. The molecule has 4 aromatic rings. The maximum absolute atomic E-state index is 5.46. The first-order chi connectivity index (χ1) is 14.2. The first-order valence-corrected chi connectivity index (χ1v) is 8.97. The van der Waals surface area contributed by atoms with E-state index in [1.807, 2.05) is 36.4 Å². The highest BCUT2D eigenvalue weighted by Gasteiger charge is 2.19.